The lowest BCUT2D eigenvalue weighted by Crippen LogP contribution is -2.42. The molecule has 0 N–H and O–H groups in total. The number of hydrogen-bond acceptors (Lipinski definition) is 3. The summed E-state index contributed by atoms with van der Waals surface area (Å²) in [6, 6.07) is 0. The van der Waals surface area contributed by atoms with Crippen LogP contribution in [0.4, 0.5) is 0 Å². The van der Waals surface area contributed by atoms with E-state index < -0.39 is 0 Å². The predicted octanol–water partition coefficient (Wildman–Crippen LogP) is 0.195. The second kappa shape index (κ2) is 3.75. The van der Waals surface area contributed by atoms with Crippen LogP contribution < -0.4 is 0 Å². The molecule has 1 fully saturated rings. The molecule has 1 saturated heterocycles. The quantitative estimate of drug-likeness (QED) is 0.528. The van der Waals surface area contributed by atoms with Crippen molar-refractivity contribution in [3.05, 3.63) is 0 Å². The predicted molar refractivity (Wildman–Crippen MR) is 45.9 cm³/mol. The summed E-state index contributed by atoms with van der Waals surface area (Å²) in [5, 5.41) is 8.84. The van der Waals surface area contributed by atoms with Crippen LogP contribution in [0.25, 0.3) is 0 Å². The SMILES string of the molecule is CCN1CCN(CC)B1C#N. The lowest BCUT2D eigenvalue weighted by molar-refractivity contribution is 0.486. The topological polar surface area (TPSA) is 30.3 Å². The number of likely N-dealkylation sites (N-methyl/N-ethyl adjacent to an activating group) is 2. The van der Waals surface area contributed by atoms with E-state index >= 15 is 0 Å². The Morgan fingerprint density at radius 1 is 1.27 bits per heavy atom. The van der Waals surface area contributed by atoms with Gasteiger partial charge in [0.2, 0.25) is 0 Å². The van der Waals surface area contributed by atoms with Gasteiger partial charge in [-0.15, -0.1) is 0 Å². The van der Waals surface area contributed by atoms with E-state index in [2.05, 4.69) is 29.4 Å². The van der Waals surface area contributed by atoms with Crippen LogP contribution in [0.3, 0.4) is 0 Å². The molecule has 0 amide bonds. The van der Waals surface area contributed by atoms with E-state index in [4.69, 9.17) is 5.26 Å². The highest BCUT2D eigenvalue weighted by molar-refractivity contribution is 6.61. The van der Waals surface area contributed by atoms with Gasteiger partial charge in [-0.3, -0.25) is 0 Å². The summed E-state index contributed by atoms with van der Waals surface area (Å²) in [5.41, 5.74) is 0. The fourth-order valence-electron chi connectivity index (χ4n) is 1.56. The van der Waals surface area contributed by atoms with E-state index in [1.165, 1.54) is 0 Å². The molecule has 0 aromatic heterocycles. The smallest absolute Gasteiger partial charge is 0.314 e. The van der Waals surface area contributed by atoms with Crippen LogP contribution in [0.2, 0.25) is 0 Å². The highest BCUT2D eigenvalue weighted by atomic mass is 15.3. The first-order chi connectivity index (χ1) is 5.33. The second-order valence-electron chi connectivity index (χ2n) is 2.76. The lowest BCUT2D eigenvalue weighted by Gasteiger charge is -2.17. The molecule has 0 unspecified atom stereocenters. The highest BCUT2D eigenvalue weighted by Crippen LogP contribution is 2.08. The van der Waals surface area contributed by atoms with Gasteiger partial charge in [0.15, 0.2) is 0 Å². The molecule has 0 saturated carbocycles. The number of nitrogens with zero attached hydrogens (tertiary/aromatic N) is 3. The van der Waals surface area contributed by atoms with Crippen LogP contribution in [-0.2, 0) is 0 Å². The van der Waals surface area contributed by atoms with Crippen LogP contribution in [0.5, 0.6) is 0 Å². The summed E-state index contributed by atoms with van der Waals surface area (Å²) >= 11 is 0. The summed E-state index contributed by atoms with van der Waals surface area (Å²) in [4.78, 5) is 4.40. The van der Waals surface area contributed by atoms with Gasteiger partial charge in [-0.05, 0) is 13.1 Å². The van der Waals surface area contributed by atoms with Gasteiger partial charge in [-0.1, -0.05) is 13.8 Å². The van der Waals surface area contributed by atoms with Gasteiger partial charge in [0.1, 0.15) is 0 Å². The van der Waals surface area contributed by atoms with Crippen molar-refractivity contribution in [1.29, 1.82) is 5.26 Å². The summed E-state index contributed by atoms with van der Waals surface area (Å²) < 4.78 is 0. The van der Waals surface area contributed by atoms with E-state index in [0.29, 0.717) is 0 Å². The van der Waals surface area contributed by atoms with E-state index in [1.807, 2.05) is 0 Å². The summed E-state index contributed by atoms with van der Waals surface area (Å²) in [6.45, 7) is 8.28. The van der Waals surface area contributed by atoms with Crippen LogP contribution in [0.15, 0.2) is 0 Å². The zero-order valence-electron chi connectivity index (χ0n) is 7.25. The van der Waals surface area contributed by atoms with E-state index in [-0.39, 0.29) is 6.98 Å². The van der Waals surface area contributed by atoms with Crippen molar-refractivity contribution in [2.75, 3.05) is 26.2 Å². The molecule has 1 aliphatic heterocycles. The molecule has 0 bridgehead atoms. The van der Waals surface area contributed by atoms with Crippen molar-refractivity contribution in [1.82, 2.24) is 9.62 Å². The molecule has 0 aromatic carbocycles. The van der Waals surface area contributed by atoms with Crippen molar-refractivity contribution < 1.29 is 0 Å². The van der Waals surface area contributed by atoms with Crippen LogP contribution in [0.1, 0.15) is 13.8 Å². The molecule has 0 aromatic rings. The minimum atomic E-state index is 0.0324. The number of nitriles is 1. The molecule has 3 nitrogen and oxygen atoms in total. The summed E-state index contributed by atoms with van der Waals surface area (Å²) in [5.74, 6) is 2.32. The summed E-state index contributed by atoms with van der Waals surface area (Å²) in [7, 11) is 0. The third kappa shape index (κ3) is 1.55. The first-order valence-electron chi connectivity index (χ1n) is 4.21. The molecule has 1 heterocycles. The van der Waals surface area contributed by atoms with Gasteiger partial charge in [0.05, 0.1) is 0 Å². The maximum absolute atomic E-state index is 8.84. The van der Waals surface area contributed by atoms with Gasteiger partial charge < -0.3 is 9.62 Å². The molecule has 0 atom stereocenters. The molecule has 1 aliphatic rings. The van der Waals surface area contributed by atoms with E-state index in [0.717, 1.165) is 26.2 Å². The van der Waals surface area contributed by atoms with Crippen LogP contribution in [0, 0.1) is 11.2 Å². The van der Waals surface area contributed by atoms with Crippen LogP contribution in [-0.4, -0.2) is 42.8 Å². The molecular formula is C7H14BN3. The Morgan fingerprint density at radius 3 is 2.00 bits per heavy atom. The van der Waals surface area contributed by atoms with E-state index in [9.17, 15) is 0 Å². The lowest BCUT2D eigenvalue weighted by atomic mass is 9.76. The molecule has 60 valence electrons. The highest BCUT2D eigenvalue weighted by Gasteiger charge is 2.34. The molecular weight excluding hydrogens is 137 g/mol. The molecule has 0 aliphatic carbocycles. The van der Waals surface area contributed by atoms with Crippen molar-refractivity contribution in [2.45, 2.75) is 13.8 Å². The molecule has 11 heavy (non-hydrogen) atoms. The van der Waals surface area contributed by atoms with Gasteiger partial charge in [-0.25, -0.2) is 5.26 Å². The standard InChI is InChI=1S/C7H14BN3/c1-3-10-5-6-11(4-2)8(10)7-9/h3-6H2,1-2H3. The third-order valence-corrected chi connectivity index (χ3v) is 2.29. The van der Waals surface area contributed by atoms with Gasteiger partial charge >= 0.3 is 6.98 Å². The third-order valence-electron chi connectivity index (χ3n) is 2.29. The minimum absolute atomic E-state index is 0.0324. The zero-order valence-corrected chi connectivity index (χ0v) is 7.25. The molecule has 1 rings (SSSR count). The van der Waals surface area contributed by atoms with Crippen molar-refractivity contribution in [2.24, 2.45) is 0 Å². The monoisotopic (exact) mass is 151 g/mol. The zero-order chi connectivity index (χ0) is 8.27. The first kappa shape index (κ1) is 8.57. The second-order valence-corrected chi connectivity index (χ2v) is 2.76. The first-order valence-corrected chi connectivity index (χ1v) is 4.21. The Balaban J connectivity index is 2.57. The Morgan fingerprint density at radius 2 is 1.73 bits per heavy atom. The van der Waals surface area contributed by atoms with Gasteiger partial charge in [0.25, 0.3) is 0 Å². The van der Waals surface area contributed by atoms with Gasteiger partial charge in [-0.2, -0.15) is 0 Å². The summed E-state index contributed by atoms with van der Waals surface area (Å²) in [6.07, 6.45) is 0. The largest absolute Gasteiger partial charge is 0.433 e. The minimum Gasteiger partial charge on any atom is -0.314 e. The average molecular weight is 151 g/mol. The Labute approximate surface area is 68.7 Å². The van der Waals surface area contributed by atoms with Crippen molar-refractivity contribution >= 4 is 6.98 Å². The fraction of sp³-hybridized carbons (Fsp3) is 0.857. The van der Waals surface area contributed by atoms with Crippen molar-refractivity contribution in [3.8, 4) is 5.97 Å². The Bertz CT molecular complexity index is 154. The molecule has 0 spiro atoms. The maximum Gasteiger partial charge on any atom is 0.433 e. The Hall–Kier alpha value is -0.525. The average Bonchev–Trinajstić information content (AvgIpc) is 2.45. The van der Waals surface area contributed by atoms with Gasteiger partial charge in [0, 0.05) is 19.1 Å². The van der Waals surface area contributed by atoms with Crippen LogP contribution >= 0.6 is 0 Å². The normalized spacial score (nSPS) is 20.6. The van der Waals surface area contributed by atoms with E-state index in [1.54, 1.807) is 0 Å². The van der Waals surface area contributed by atoms with Crippen molar-refractivity contribution in [3.63, 3.8) is 0 Å². The molecule has 0 radical (unpaired) electrons. The number of hydrogen-bond donors (Lipinski definition) is 0. The maximum atomic E-state index is 8.84. The number of rotatable bonds is 2. The Kier molecular flexibility index (Phi) is 2.92. The molecule has 4 heteroatoms. The fourth-order valence-corrected chi connectivity index (χ4v) is 1.56.